The number of hydrogen-bond acceptors (Lipinski definition) is 2. The van der Waals surface area contributed by atoms with Gasteiger partial charge in [0.25, 0.3) is 5.91 Å². The number of aliphatic carboxylic acids is 1. The van der Waals surface area contributed by atoms with Crippen LogP contribution in [-0.2, 0) is 11.2 Å². The number of carboxylic acids is 1. The molecule has 0 fully saturated rings. The molecule has 1 atom stereocenters. The van der Waals surface area contributed by atoms with E-state index in [9.17, 15) is 22.8 Å². The van der Waals surface area contributed by atoms with Crippen molar-refractivity contribution < 1.29 is 27.9 Å². The van der Waals surface area contributed by atoms with E-state index in [4.69, 9.17) is 5.11 Å². The Kier molecular flexibility index (Phi) is 7.25. The van der Waals surface area contributed by atoms with Crippen LogP contribution in [0.4, 0.5) is 13.2 Å². The minimum absolute atomic E-state index is 0.0556. The van der Waals surface area contributed by atoms with Gasteiger partial charge in [-0.25, -0.2) is 0 Å². The normalized spacial score (nSPS) is 12.9. The highest BCUT2D eigenvalue weighted by Gasteiger charge is 2.27. The van der Waals surface area contributed by atoms with Gasteiger partial charge < -0.3 is 10.4 Å². The number of carboxylic acid groups (broad SMARTS) is 1. The highest BCUT2D eigenvalue weighted by Crippen LogP contribution is 2.23. The maximum atomic E-state index is 12.4. The lowest BCUT2D eigenvalue weighted by atomic mass is 9.96. The molecule has 0 aliphatic heterocycles. The minimum Gasteiger partial charge on any atom is -0.481 e. The van der Waals surface area contributed by atoms with Gasteiger partial charge >= 0.3 is 12.1 Å². The molecule has 0 saturated heterocycles. The Hall–Kier alpha value is -2.05. The van der Waals surface area contributed by atoms with Gasteiger partial charge in [-0.2, -0.15) is 13.2 Å². The van der Waals surface area contributed by atoms with E-state index in [2.05, 4.69) is 5.32 Å². The maximum Gasteiger partial charge on any atom is 0.389 e. The predicted molar refractivity (Wildman–Crippen MR) is 83.7 cm³/mol. The van der Waals surface area contributed by atoms with Gasteiger partial charge in [-0.1, -0.05) is 32.0 Å². The third kappa shape index (κ3) is 7.02. The number of halogens is 3. The Balaban J connectivity index is 2.75. The van der Waals surface area contributed by atoms with E-state index in [0.29, 0.717) is 12.0 Å². The summed E-state index contributed by atoms with van der Waals surface area (Å²) < 4.78 is 37.1. The fourth-order valence-corrected chi connectivity index (χ4v) is 2.39. The summed E-state index contributed by atoms with van der Waals surface area (Å²) in [5.41, 5.74) is 0.443. The van der Waals surface area contributed by atoms with Crippen LogP contribution in [0.3, 0.4) is 0 Å². The molecule has 0 aliphatic carbocycles. The van der Waals surface area contributed by atoms with Crippen molar-refractivity contribution in [3.63, 3.8) is 0 Å². The summed E-state index contributed by atoms with van der Waals surface area (Å²) >= 11 is 0. The zero-order valence-electron chi connectivity index (χ0n) is 13.7. The Morgan fingerprint density at radius 1 is 1.21 bits per heavy atom. The standard InChI is InChI=1S/C17H22F3NO3/c1-11(2)9-13(16(23)24)10-21-15(22)14-6-4-3-5-12(14)7-8-17(18,19)20/h3-6,11,13H,7-10H2,1-2H3,(H,21,22)(H,23,24). The van der Waals surface area contributed by atoms with Crippen LogP contribution in [0.1, 0.15) is 42.6 Å². The number of benzene rings is 1. The first-order chi connectivity index (χ1) is 11.1. The molecule has 24 heavy (non-hydrogen) atoms. The summed E-state index contributed by atoms with van der Waals surface area (Å²) in [5.74, 6) is -2.13. The summed E-state index contributed by atoms with van der Waals surface area (Å²) in [6.45, 7) is 3.70. The van der Waals surface area contributed by atoms with Crippen molar-refractivity contribution in [2.24, 2.45) is 11.8 Å². The zero-order valence-corrected chi connectivity index (χ0v) is 13.7. The van der Waals surface area contributed by atoms with E-state index in [1.165, 1.54) is 12.1 Å². The first-order valence-corrected chi connectivity index (χ1v) is 7.75. The van der Waals surface area contributed by atoms with Gasteiger partial charge in [-0.3, -0.25) is 9.59 Å². The fourth-order valence-electron chi connectivity index (χ4n) is 2.39. The summed E-state index contributed by atoms with van der Waals surface area (Å²) in [6.07, 6.45) is -5.19. The topological polar surface area (TPSA) is 66.4 Å². The van der Waals surface area contributed by atoms with E-state index in [0.717, 1.165) is 0 Å². The number of hydrogen-bond donors (Lipinski definition) is 2. The van der Waals surface area contributed by atoms with Crippen LogP contribution in [0.25, 0.3) is 0 Å². The van der Waals surface area contributed by atoms with Gasteiger partial charge in [0.1, 0.15) is 0 Å². The Morgan fingerprint density at radius 3 is 2.38 bits per heavy atom. The fraction of sp³-hybridized carbons (Fsp3) is 0.529. The molecule has 0 aromatic heterocycles. The van der Waals surface area contributed by atoms with Gasteiger partial charge in [0.05, 0.1) is 5.92 Å². The molecule has 1 aromatic rings. The van der Waals surface area contributed by atoms with Crippen LogP contribution >= 0.6 is 0 Å². The molecule has 0 heterocycles. The van der Waals surface area contributed by atoms with Crippen molar-refractivity contribution in [3.05, 3.63) is 35.4 Å². The quantitative estimate of drug-likeness (QED) is 0.756. The van der Waals surface area contributed by atoms with Crippen LogP contribution in [0.5, 0.6) is 0 Å². The molecule has 2 N–H and O–H groups in total. The lowest BCUT2D eigenvalue weighted by Crippen LogP contribution is -2.34. The first-order valence-electron chi connectivity index (χ1n) is 7.75. The second kappa shape index (κ2) is 8.70. The second-order valence-corrected chi connectivity index (χ2v) is 6.15. The minimum atomic E-state index is -4.30. The van der Waals surface area contributed by atoms with Crippen molar-refractivity contribution >= 4 is 11.9 Å². The van der Waals surface area contributed by atoms with E-state index in [1.54, 1.807) is 12.1 Å². The van der Waals surface area contributed by atoms with Gasteiger partial charge in [0.15, 0.2) is 0 Å². The molecule has 1 aromatic carbocycles. The SMILES string of the molecule is CC(C)CC(CNC(=O)c1ccccc1CCC(F)(F)F)C(=O)O. The molecule has 1 amide bonds. The molecular formula is C17H22F3NO3. The van der Waals surface area contributed by atoms with Crippen LogP contribution in [-0.4, -0.2) is 29.7 Å². The van der Waals surface area contributed by atoms with Gasteiger partial charge in [-0.15, -0.1) is 0 Å². The molecule has 7 heteroatoms. The summed E-state index contributed by atoms with van der Waals surface area (Å²) in [7, 11) is 0. The lowest BCUT2D eigenvalue weighted by Gasteiger charge is -2.16. The molecule has 0 saturated carbocycles. The van der Waals surface area contributed by atoms with Crippen molar-refractivity contribution in [1.29, 1.82) is 0 Å². The summed E-state index contributed by atoms with van der Waals surface area (Å²) in [4.78, 5) is 23.4. The number of rotatable bonds is 8. The molecule has 0 bridgehead atoms. The van der Waals surface area contributed by atoms with Crippen LogP contribution in [0.2, 0.25) is 0 Å². The third-order valence-electron chi connectivity index (χ3n) is 3.55. The highest BCUT2D eigenvalue weighted by atomic mass is 19.4. The number of carbonyl (C=O) groups is 2. The number of aryl methyl sites for hydroxylation is 1. The zero-order chi connectivity index (χ0) is 18.3. The molecule has 134 valence electrons. The maximum absolute atomic E-state index is 12.4. The van der Waals surface area contributed by atoms with Gasteiger partial charge in [0, 0.05) is 18.5 Å². The highest BCUT2D eigenvalue weighted by molar-refractivity contribution is 5.95. The summed E-state index contributed by atoms with van der Waals surface area (Å²) in [6, 6.07) is 6.05. The average Bonchev–Trinajstić information content (AvgIpc) is 2.48. The monoisotopic (exact) mass is 345 g/mol. The number of amides is 1. The first kappa shape index (κ1) is 20.0. The molecule has 1 unspecified atom stereocenters. The van der Waals surface area contributed by atoms with E-state index in [-0.39, 0.29) is 24.4 Å². The van der Waals surface area contributed by atoms with E-state index >= 15 is 0 Å². The van der Waals surface area contributed by atoms with Gasteiger partial charge in [-0.05, 0) is 30.4 Å². The lowest BCUT2D eigenvalue weighted by molar-refractivity contribution is -0.142. The smallest absolute Gasteiger partial charge is 0.389 e. The Labute approximate surface area is 139 Å². The second-order valence-electron chi connectivity index (χ2n) is 6.15. The largest absolute Gasteiger partial charge is 0.481 e. The average molecular weight is 345 g/mol. The van der Waals surface area contributed by atoms with Crippen molar-refractivity contribution in [3.8, 4) is 0 Å². The molecular weight excluding hydrogens is 323 g/mol. The Morgan fingerprint density at radius 2 is 1.83 bits per heavy atom. The van der Waals surface area contributed by atoms with Crippen molar-refractivity contribution in [2.45, 2.75) is 39.3 Å². The van der Waals surface area contributed by atoms with Crippen molar-refractivity contribution in [2.75, 3.05) is 6.54 Å². The van der Waals surface area contributed by atoms with Crippen molar-refractivity contribution in [1.82, 2.24) is 5.32 Å². The summed E-state index contributed by atoms with van der Waals surface area (Å²) in [5, 5.41) is 11.7. The molecule has 4 nitrogen and oxygen atoms in total. The number of alkyl halides is 3. The van der Waals surface area contributed by atoms with E-state index in [1.807, 2.05) is 13.8 Å². The molecule has 0 radical (unpaired) electrons. The molecule has 0 spiro atoms. The predicted octanol–water partition coefficient (Wildman–Crippen LogP) is 3.66. The van der Waals surface area contributed by atoms with Crippen LogP contribution < -0.4 is 5.32 Å². The third-order valence-corrected chi connectivity index (χ3v) is 3.55. The Bertz CT molecular complexity index is 570. The number of nitrogens with one attached hydrogen (secondary N) is 1. The number of carbonyl (C=O) groups excluding carboxylic acids is 1. The molecule has 0 aliphatic rings. The van der Waals surface area contributed by atoms with Crippen LogP contribution in [0.15, 0.2) is 24.3 Å². The van der Waals surface area contributed by atoms with Gasteiger partial charge in [0.2, 0.25) is 0 Å². The van der Waals surface area contributed by atoms with Crippen LogP contribution in [0, 0.1) is 11.8 Å². The molecule has 1 rings (SSSR count). The van der Waals surface area contributed by atoms with E-state index < -0.39 is 30.4 Å².